The van der Waals surface area contributed by atoms with E-state index in [4.69, 9.17) is 9.47 Å². The van der Waals surface area contributed by atoms with E-state index in [9.17, 15) is 21.6 Å². The van der Waals surface area contributed by atoms with Crippen LogP contribution in [0.15, 0.2) is 24.3 Å². The Labute approximate surface area is 125 Å². The summed E-state index contributed by atoms with van der Waals surface area (Å²) in [7, 11) is -4.35. The summed E-state index contributed by atoms with van der Waals surface area (Å²) < 4.78 is 74.7. The molecule has 1 aliphatic rings. The first kappa shape index (κ1) is 16.5. The lowest BCUT2D eigenvalue weighted by Crippen LogP contribution is -2.31. The lowest BCUT2D eigenvalue weighted by atomic mass is 10.0. The van der Waals surface area contributed by atoms with Crippen LogP contribution >= 0.6 is 0 Å². The summed E-state index contributed by atoms with van der Waals surface area (Å²) in [6.07, 6.45) is 1.17. The smallest absolute Gasteiger partial charge is 0.497 e. The van der Waals surface area contributed by atoms with Crippen molar-refractivity contribution in [2.45, 2.75) is 25.0 Å². The summed E-state index contributed by atoms with van der Waals surface area (Å²) in [5.41, 5.74) is -6.47. The van der Waals surface area contributed by atoms with E-state index in [1.807, 2.05) is 0 Å². The van der Waals surface area contributed by atoms with Gasteiger partial charge in [-0.15, -0.1) is 0 Å². The fourth-order valence-electron chi connectivity index (χ4n) is 1.86. The first-order chi connectivity index (χ1) is 9.95. The van der Waals surface area contributed by atoms with Crippen LogP contribution in [0.1, 0.15) is 19.4 Å². The quantitative estimate of drug-likeness (QED) is 0.626. The van der Waals surface area contributed by atoms with Crippen molar-refractivity contribution in [3.8, 4) is 11.5 Å². The molecule has 0 atom stereocenters. The van der Waals surface area contributed by atoms with Gasteiger partial charge < -0.3 is 13.7 Å². The van der Waals surface area contributed by atoms with Gasteiger partial charge in [-0.1, -0.05) is 0 Å². The van der Waals surface area contributed by atoms with Gasteiger partial charge in [-0.3, -0.25) is 0 Å². The first-order valence-corrected chi connectivity index (χ1v) is 7.47. The Kier molecular flexibility index (Phi) is 3.80. The van der Waals surface area contributed by atoms with E-state index >= 15 is 0 Å². The second-order valence-electron chi connectivity index (χ2n) is 5.06. The highest BCUT2D eigenvalue weighted by atomic mass is 32.2. The second-order valence-corrected chi connectivity index (χ2v) is 6.60. The average molecular weight is 338 g/mol. The van der Waals surface area contributed by atoms with Crippen molar-refractivity contribution in [2.75, 3.05) is 7.11 Å². The molecule has 0 saturated heterocycles. The summed E-state index contributed by atoms with van der Waals surface area (Å²) in [6.45, 7) is 3.11. The van der Waals surface area contributed by atoms with Gasteiger partial charge in [0.25, 0.3) is 0 Å². The summed E-state index contributed by atoms with van der Waals surface area (Å²) in [5.74, 6) is 0.139. The second kappa shape index (κ2) is 5.08. The fraction of sp³-hybridized carbons (Fsp3) is 0.385. The Morgan fingerprint density at radius 2 is 1.86 bits per heavy atom. The molecule has 0 N–H and O–H groups in total. The average Bonchev–Trinajstić information content (AvgIpc) is 2.34. The van der Waals surface area contributed by atoms with Crippen molar-refractivity contribution in [3.05, 3.63) is 29.8 Å². The summed E-state index contributed by atoms with van der Waals surface area (Å²) in [5, 5.41) is 0. The van der Waals surface area contributed by atoms with Crippen LogP contribution in [-0.2, 0) is 14.3 Å². The van der Waals surface area contributed by atoms with Gasteiger partial charge in [0.2, 0.25) is 0 Å². The van der Waals surface area contributed by atoms with Crippen molar-refractivity contribution in [1.82, 2.24) is 0 Å². The maximum Gasteiger partial charge on any atom is 0.534 e. The van der Waals surface area contributed by atoms with E-state index in [1.165, 1.54) is 31.4 Å². The van der Waals surface area contributed by atoms with Crippen LogP contribution in [0.2, 0.25) is 0 Å². The standard InChI is InChI=1S/C13H13F3O5S/c1-12(2)7-11(21-22(17,18)13(14,15)16)9-5-4-8(19-3)6-10(9)20-12/h4-7H,1-3H3. The minimum Gasteiger partial charge on any atom is -0.497 e. The molecule has 5 nitrogen and oxygen atoms in total. The molecule has 0 saturated carbocycles. The SMILES string of the molecule is COc1ccc2c(c1)OC(C)(C)C=C2OS(=O)(=O)C(F)(F)F. The third-order valence-corrected chi connectivity index (χ3v) is 3.75. The lowest BCUT2D eigenvalue weighted by Gasteiger charge is -2.30. The fourth-order valence-corrected chi connectivity index (χ4v) is 2.33. The van der Waals surface area contributed by atoms with Crippen LogP contribution in [0.4, 0.5) is 13.2 Å². The number of methoxy groups -OCH3 is 1. The Balaban J connectivity index is 2.50. The van der Waals surface area contributed by atoms with Crippen LogP contribution in [0, 0.1) is 0 Å². The van der Waals surface area contributed by atoms with Crippen LogP contribution in [-0.4, -0.2) is 26.6 Å². The zero-order valence-corrected chi connectivity index (χ0v) is 12.7. The molecule has 0 amide bonds. The van der Waals surface area contributed by atoms with Crippen LogP contribution in [0.3, 0.4) is 0 Å². The molecule has 0 radical (unpaired) electrons. The van der Waals surface area contributed by atoms with Gasteiger partial charge in [-0.05, 0) is 26.0 Å². The van der Waals surface area contributed by atoms with Crippen LogP contribution < -0.4 is 9.47 Å². The lowest BCUT2D eigenvalue weighted by molar-refractivity contribution is -0.0510. The van der Waals surface area contributed by atoms with E-state index in [0.29, 0.717) is 5.75 Å². The highest BCUT2D eigenvalue weighted by Gasteiger charge is 2.49. The van der Waals surface area contributed by atoms with Gasteiger partial charge >= 0.3 is 15.6 Å². The molecule has 0 aromatic heterocycles. The Morgan fingerprint density at radius 3 is 2.41 bits per heavy atom. The highest BCUT2D eigenvalue weighted by Crippen LogP contribution is 2.41. The molecule has 0 spiro atoms. The summed E-state index contributed by atoms with van der Waals surface area (Å²) in [6, 6.07) is 4.26. The van der Waals surface area contributed by atoms with Crippen molar-refractivity contribution in [2.24, 2.45) is 0 Å². The number of hydrogen-bond acceptors (Lipinski definition) is 5. The van der Waals surface area contributed by atoms with Gasteiger partial charge in [-0.25, -0.2) is 0 Å². The Morgan fingerprint density at radius 1 is 1.23 bits per heavy atom. The van der Waals surface area contributed by atoms with Crippen LogP contribution in [0.25, 0.3) is 5.76 Å². The molecule has 122 valence electrons. The van der Waals surface area contributed by atoms with Crippen molar-refractivity contribution in [1.29, 1.82) is 0 Å². The molecule has 0 unspecified atom stereocenters. The third kappa shape index (κ3) is 3.13. The van der Waals surface area contributed by atoms with E-state index < -0.39 is 27.0 Å². The number of benzene rings is 1. The maximum atomic E-state index is 12.5. The maximum absolute atomic E-state index is 12.5. The van der Waals surface area contributed by atoms with E-state index in [-0.39, 0.29) is 11.3 Å². The molecule has 2 rings (SSSR count). The summed E-state index contributed by atoms with van der Waals surface area (Å²) in [4.78, 5) is 0. The Hall–Kier alpha value is -1.90. The molecule has 0 fully saturated rings. The number of alkyl halides is 3. The predicted octanol–water partition coefficient (Wildman–Crippen LogP) is 3.07. The number of fused-ring (bicyclic) bond motifs is 1. The molecule has 1 aliphatic heterocycles. The molecule has 0 aliphatic carbocycles. The molecular formula is C13H13F3O5S. The first-order valence-electron chi connectivity index (χ1n) is 6.06. The molecule has 9 heteroatoms. The molecular weight excluding hydrogens is 325 g/mol. The van der Waals surface area contributed by atoms with Gasteiger partial charge in [0, 0.05) is 12.1 Å². The molecule has 1 aromatic rings. The van der Waals surface area contributed by atoms with E-state index in [1.54, 1.807) is 13.8 Å². The van der Waals surface area contributed by atoms with E-state index in [0.717, 1.165) is 0 Å². The highest BCUT2D eigenvalue weighted by molar-refractivity contribution is 7.87. The molecule has 1 aromatic carbocycles. The van der Waals surface area contributed by atoms with Gasteiger partial charge in [0.05, 0.1) is 12.7 Å². The number of ether oxygens (including phenoxy) is 2. The molecule has 22 heavy (non-hydrogen) atoms. The zero-order chi connectivity index (χ0) is 16.8. The number of hydrogen-bond donors (Lipinski definition) is 0. The topological polar surface area (TPSA) is 61.8 Å². The minimum atomic E-state index is -5.76. The van der Waals surface area contributed by atoms with Crippen molar-refractivity contribution in [3.63, 3.8) is 0 Å². The van der Waals surface area contributed by atoms with Crippen LogP contribution in [0.5, 0.6) is 11.5 Å². The molecule has 1 heterocycles. The molecule has 0 bridgehead atoms. The van der Waals surface area contributed by atoms with Gasteiger partial charge in [-0.2, -0.15) is 21.6 Å². The van der Waals surface area contributed by atoms with Crippen molar-refractivity contribution < 1.29 is 35.2 Å². The zero-order valence-electron chi connectivity index (χ0n) is 11.9. The number of rotatable bonds is 3. The summed E-state index contributed by atoms with van der Waals surface area (Å²) >= 11 is 0. The van der Waals surface area contributed by atoms with Crippen molar-refractivity contribution >= 4 is 15.9 Å². The van der Waals surface area contributed by atoms with Gasteiger partial charge in [0.1, 0.15) is 17.1 Å². The normalized spacial score (nSPS) is 17.1. The Bertz CT molecular complexity index is 720. The predicted molar refractivity (Wildman–Crippen MR) is 71.7 cm³/mol. The van der Waals surface area contributed by atoms with E-state index in [2.05, 4.69) is 4.18 Å². The number of halogens is 3. The largest absolute Gasteiger partial charge is 0.534 e. The third-order valence-electron chi connectivity index (χ3n) is 2.79. The van der Waals surface area contributed by atoms with Gasteiger partial charge in [0.15, 0.2) is 5.76 Å². The minimum absolute atomic E-state index is 0.0907. The monoisotopic (exact) mass is 338 g/mol.